The van der Waals surface area contributed by atoms with E-state index in [0.717, 1.165) is 0 Å². The Hall–Kier alpha value is -1.58. The molecule has 4 heteroatoms. The van der Waals surface area contributed by atoms with Crippen LogP contribution in [0.5, 0.6) is 11.5 Å². The van der Waals surface area contributed by atoms with Crippen molar-refractivity contribution in [3.05, 3.63) is 23.5 Å². The number of methoxy groups -OCH3 is 2. The van der Waals surface area contributed by atoms with Crippen molar-refractivity contribution in [3.8, 4) is 11.5 Å². The highest BCUT2D eigenvalue weighted by Gasteiger charge is 2.13. The van der Waals surface area contributed by atoms with Crippen LogP contribution in [0, 0.1) is 5.82 Å². The molecule has 1 aromatic carbocycles. The lowest BCUT2D eigenvalue weighted by molar-refractivity contribution is 0.111. The van der Waals surface area contributed by atoms with E-state index in [0.29, 0.717) is 12.0 Å². The van der Waals surface area contributed by atoms with E-state index >= 15 is 0 Å². The number of carbonyl (C=O) groups is 1. The van der Waals surface area contributed by atoms with E-state index in [2.05, 4.69) is 0 Å². The number of carbonyl (C=O) groups excluding carboxylic acids is 1. The summed E-state index contributed by atoms with van der Waals surface area (Å²) >= 11 is 0. The standard InChI is InChI=1S/C9H9FO3/c1-12-8-4-3-7(10)9(13-2)6(8)5-11/h3-5H,1-2H3. The molecule has 0 saturated heterocycles. The van der Waals surface area contributed by atoms with E-state index in [1.165, 1.54) is 26.4 Å². The molecule has 0 saturated carbocycles. The molecule has 0 spiro atoms. The molecule has 0 aliphatic carbocycles. The number of benzene rings is 1. The number of hydrogen-bond acceptors (Lipinski definition) is 3. The third-order valence-corrected chi connectivity index (χ3v) is 1.65. The van der Waals surface area contributed by atoms with Gasteiger partial charge in [0.1, 0.15) is 11.3 Å². The van der Waals surface area contributed by atoms with Crippen molar-refractivity contribution in [3.63, 3.8) is 0 Å². The molecule has 0 N–H and O–H groups in total. The first kappa shape index (κ1) is 9.51. The summed E-state index contributed by atoms with van der Waals surface area (Å²) in [5.74, 6) is -0.368. The second kappa shape index (κ2) is 3.89. The zero-order valence-electron chi connectivity index (χ0n) is 7.33. The van der Waals surface area contributed by atoms with E-state index in [-0.39, 0.29) is 11.3 Å². The van der Waals surface area contributed by atoms with Crippen molar-refractivity contribution < 1.29 is 18.7 Å². The van der Waals surface area contributed by atoms with Crippen LogP contribution >= 0.6 is 0 Å². The molecular formula is C9H9FO3. The molecule has 0 heterocycles. The van der Waals surface area contributed by atoms with Crippen molar-refractivity contribution in [1.29, 1.82) is 0 Å². The van der Waals surface area contributed by atoms with Crippen LogP contribution in [-0.4, -0.2) is 20.5 Å². The highest BCUT2D eigenvalue weighted by molar-refractivity contribution is 5.83. The second-order valence-electron chi connectivity index (χ2n) is 2.31. The number of halogens is 1. The Kier molecular flexibility index (Phi) is 2.84. The molecule has 13 heavy (non-hydrogen) atoms. The van der Waals surface area contributed by atoms with Crippen LogP contribution in [-0.2, 0) is 0 Å². The summed E-state index contributed by atoms with van der Waals surface area (Å²) in [7, 11) is 2.70. The van der Waals surface area contributed by atoms with E-state index in [1.807, 2.05) is 0 Å². The molecule has 0 atom stereocenters. The van der Waals surface area contributed by atoms with Crippen LogP contribution in [0.1, 0.15) is 10.4 Å². The minimum Gasteiger partial charge on any atom is -0.496 e. The molecule has 0 fully saturated rings. The minimum absolute atomic E-state index is 0.0880. The Labute approximate surface area is 75.1 Å². The molecule has 0 aliphatic heterocycles. The predicted molar refractivity (Wildman–Crippen MR) is 44.9 cm³/mol. The molecule has 0 unspecified atom stereocenters. The fourth-order valence-electron chi connectivity index (χ4n) is 1.05. The van der Waals surface area contributed by atoms with Gasteiger partial charge in [-0.2, -0.15) is 0 Å². The summed E-state index contributed by atoms with van der Waals surface area (Å²) in [6.07, 6.45) is 0.501. The first-order valence-electron chi connectivity index (χ1n) is 3.60. The maximum atomic E-state index is 13.0. The van der Waals surface area contributed by atoms with Gasteiger partial charge < -0.3 is 9.47 Å². The highest BCUT2D eigenvalue weighted by Crippen LogP contribution is 2.29. The lowest BCUT2D eigenvalue weighted by Crippen LogP contribution is -1.97. The van der Waals surface area contributed by atoms with Crippen LogP contribution in [0.4, 0.5) is 4.39 Å². The third-order valence-electron chi connectivity index (χ3n) is 1.65. The van der Waals surface area contributed by atoms with E-state index in [1.54, 1.807) is 0 Å². The highest BCUT2D eigenvalue weighted by atomic mass is 19.1. The van der Waals surface area contributed by atoms with Crippen LogP contribution < -0.4 is 9.47 Å². The first-order valence-corrected chi connectivity index (χ1v) is 3.60. The Bertz CT molecular complexity index is 323. The monoisotopic (exact) mass is 184 g/mol. The molecule has 70 valence electrons. The average molecular weight is 184 g/mol. The SMILES string of the molecule is COc1ccc(F)c(OC)c1C=O. The van der Waals surface area contributed by atoms with Gasteiger partial charge in [0, 0.05) is 0 Å². The maximum absolute atomic E-state index is 13.0. The molecule has 0 amide bonds. The number of ether oxygens (including phenoxy) is 2. The molecule has 3 nitrogen and oxygen atoms in total. The number of rotatable bonds is 3. The van der Waals surface area contributed by atoms with Crippen LogP contribution in [0.15, 0.2) is 12.1 Å². The van der Waals surface area contributed by atoms with Gasteiger partial charge >= 0.3 is 0 Å². The average Bonchev–Trinajstić information content (AvgIpc) is 2.17. The van der Waals surface area contributed by atoms with Crippen molar-refractivity contribution >= 4 is 6.29 Å². The predicted octanol–water partition coefficient (Wildman–Crippen LogP) is 1.66. The topological polar surface area (TPSA) is 35.5 Å². The van der Waals surface area contributed by atoms with Gasteiger partial charge in [0.05, 0.1) is 14.2 Å². The summed E-state index contributed by atoms with van der Waals surface area (Å²) in [4.78, 5) is 10.6. The second-order valence-corrected chi connectivity index (χ2v) is 2.31. The number of aldehydes is 1. The fraction of sp³-hybridized carbons (Fsp3) is 0.222. The molecule has 1 aromatic rings. The van der Waals surface area contributed by atoms with Gasteiger partial charge in [0.25, 0.3) is 0 Å². The maximum Gasteiger partial charge on any atom is 0.168 e. The van der Waals surface area contributed by atoms with E-state index in [9.17, 15) is 9.18 Å². The van der Waals surface area contributed by atoms with Crippen LogP contribution in [0.25, 0.3) is 0 Å². The molecule has 0 aromatic heterocycles. The van der Waals surface area contributed by atoms with Crippen molar-refractivity contribution in [2.24, 2.45) is 0 Å². The van der Waals surface area contributed by atoms with Gasteiger partial charge in [0.15, 0.2) is 17.9 Å². The van der Waals surface area contributed by atoms with Crippen molar-refractivity contribution in [2.45, 2.75) is 0 Å². The van der Waals surface area contributed by atoms with Gasteiger partial charge in [0.2, 0.25) is 0 Å². The summed E-state index contributed by atoms with van der Waals surface area (Å²) in [5, 5.41) is 0. The summed E-state index contributed by atoms with van der Waals surface area (Å²) in [6, 6.07) is 2.56. The first-order chi connectivity index (χ1) is 6.24. The molecular weight excluding hydrogens is 175 g/mol. The Balaban J connectivity index is 3.36. The smallest absolute Gasteiger partial charge is 0.168 e. The zero-order chi connectivity index (χ0) is 9.84. The number of hydrogen-bond donors (Lipinski definition) is 0. The van der Waals surface area contributed by atoms with Gasteiger partial charge in [-0.25, -0.2) is 4.39 Å². The summed E-state index contributed by atoms with van der Waals surface area (Å²) in [6.45, 7) is 0. The van der Waals surface area contributed by atoms with Gasteiger partial charge in [-0.15, -0.1) is 0 Å². The quantitative estimate of drug-likeness (QED) is 0.670. The Morgan fingerprint density at radius 3 is 2.46 bits per heavy atom. The zero-order valence-corrected chi connectivity index (χ0v) is 7.33. The fourth-order valence-corrected chi connectivity index (χ4v) is 1.05. The van der Waals surface area contributed by atoms with Gasteiger partial charge in [-0.05, 0) is 12.1 Å². The van der Waals surface area contributed by atoms with Crippen molar-refractivity contribution in [1.82, 2.24) is 0 Å². The lowest BCUT2D eigenvalue weighted by Gasteiger charge is -2.08. The largest absolute Gasteiger partial charge is 0.496 e. The Morgan fingerprint density at radius 1 is 1.31 bits per heavy atom. The molecule has 0 bridgehead atoms. The van der Waals surface area contributed by atoms with E-state index < -0.39 is 5.82 Å². The van der Waals surface area contributed by atoms with Gasteiger partial charge in [-0.1, -0.05) is 0 Å². The van der Waals surface area contributed by atoms with Crippen LogP contribution in [0.3, 0.4) is 0 Å². The van der Waals surface area contributed by atoms with Crippen LogP contribution in [0.2, 0.25) is 0 Å². The lowest BCUT2D eigenvalue weighted by atomic mass is 10.2. The summed E-state index contributed by atoms with van der Waals surface area (Å²) < 4.78 is 22.6. The summed E-state index contributed by atoms with van der Waals surface area (Å²) in [5.41, 5.74) is 0.0880. The Morgan fingerprint density at radius 2 is 2.00 bits per heavy atom. The normalized spacial score (nSPS) is 9.46. The molecule has 1 rings (SSSR count). The minimum atomic E-state index is -0.578. The molecule has 0 radical (unpaired) electrons. The third kappa shape index (κ3) is 1.61. The van der Waals surface area contributed by atoms with Crippen molar-refractivity contribution in [2.75, 3.05) is 14.2 Å². The van der Waals surface area contributed by atoms with E-state index in [4.69, 9.17) is 9.47 Å². The molecule has 0 aliphatic rings. The van der Waals surface area contributed by atoms with Gasteiger partial charge in [-0.3, -0.25) is 4.79 Å².